The number of carbonyl (C=O) groups excluding carboxylic acids is 2. The van der Waals surface area contributed by atoms with E-state index in [1.165, 1.54) is 4.90 Å². The minimum Gasteiger partial charge on any atom is -0.373 e. The number of Topliss-reactive ketones (excluding diaryl/α,β-unsaturated/α-hetero) is 1. The maximum atomic E-state index is 13.4. The maximum absolute atomic E-state index is 13.4. The van der Waals surface area contributed by atoms with E-state index in [0.29, 0.717) is 30.6 Å². The molecule has 3 heterocycles. The van der Waals surface area contributed by atoms with Crippen molar-refractivity contribution >= 4 is 17.4 Å². The lowest BCUT2D eigenvalue weighted by atomic mass is 9.65. The molecule has 2 bridgehead atoms. The van der Waals surface area contributed by atoms with Gasteiger partial charge in [0.05, 0.1) is 11.7 Å². The van der Waals surface area contributed by atoms with Crippen molar-refractivity contribution in [3.63, 3.8) is 0 Å². The summed E-state index contributed by atoms with van der Waals surface area (Å²) in [5, 5.41) is 10.8. The molecule has 24 heavy (non-hydrogen) atoms. The standard InChI is InChI=1S/C19H24N2O3/c1-2-19-9-5-10-20-11-8-15(22)13-6-3-4-7-14(13)21(16(23)12-19)18(24)17(19)20/h3-4,6-7,16-17,23H,2,5,8-12H2,1H3/t16-,17-,19+/m0/s1. The summed E-state index contributed by atoms with van der Waals surface area (Å²) in [4.78, 5) is 29.8. The molecule has 5 nitrogen and oxygen atoms in total. The van der Waals surface area contributed by atoms with Gasteiger partial charge in [0.2, 0.25) is 5.91 Å². The fraction of sp³-hybridized carbons (Fsp3) is 0.579. The number of amides is 1. The predicted octanol–water partition coefficient (Wildman–Crippen LogP) is 2.19. The number of nitrogens with zero attached hydrogens (tertiary/aromatic N) is 2. The molecule has 3 aliphatic rings. The molecule has 1 aromatic carbocycles. The average molecular weight is 328 g/mol. The molecule has 1 N–H and O–H groups in total. The number of hydrogen-bond acceptors (Lipinski definition) is 4. The number of carbonyl (C=O) groups is 2. The van der Waals surface area contributed by atoms with Gasteiger partial charge in [-0.05, 0) is 43.4 Å². The smallest absolute Gasteiger partial charge is 0.247 e. The zero-order valence-corrected chi connectivity index (χ0v) is 14.1. The Balaban J connectivity index is 1.89. The molecule has 0 radical (unpaired) electrons. The highest BCUT2D eigenvalue weighted by Crippen LogP contribution is 2.48. The topological polar surface area (TPSA) is 60.9 Å². The van der Waals surface area contributed by atoms with Gasteiger partial charge in [-0.25, -0.2) is 0 Å². The van der Waals surface area contributed by atoms with Crippen LogP contribution in [0, 0.1) is 5.41 Å². The van der Waals surface area contributed by atoms with Crippen molar-refractivity contribution in [3.05, 3.63) is 29.8 Å². The number of para-hydroxylation sites is 1. The van der Waals surface area contributed by atoms with Crippen molar-refractivity contribution in [2.75, 3.05) is 18.0 Å². The number of piperidine rings is 2. The Morgan fingerprint density at radius 2 is 2.04 bits per heavy atom. The van der Waals surface area contributed by atoms with E-state index in [9.17, 15) is 14.7 Å². The summed E-state index contributed by atoms with van der Waals surface area (Å²) in [5.74, 6) is 0.00303. The van der Waals surface area contributed by atoms with E-state index in [1.54, 1.807) is 12.1 Å². The van der Waals surface area contributed by atoms with Gasteiger partial charge in [0, 0.05) is 24.9 Å². The number of benzene rings is 1. The molecule has 5 heteroatoms. The van der Waals surface area contributed by atoms with Gasteiger partial charge in [0.1, 0.15) is 6.23 Å². The van der Waals surface area contributed by atoms with E-state index in [0.717, 1.165) is 25.8 Å². The Labute approximate surface area is 142 Å². The van der Waals surface area contributed by atoms with Crippen LogP contribution >= 0.6 is 0 Å². The summed E-state index contributed by atoms with van der Waals surface area (Å²) in [5.41, 5.74) is 0.944. The number of aliphatic hydroxyl groups is 1. The number of fused-ring (bicyclic) bond motifs is 3. The molecule has 1 aromatic rings. The van der Waals surface area contributed by atoms with E-state index < -0.39 is 6.23 Å². The normalized spacial score (nSPS) is 33.5. The van der Waals surface area contributed by atoms with Gasteiger partial charge in [-0.3, -0.25) is 19.4 Å². The lowest BCUT2D eigenvalue weighted by molar-refractivity contribution is -0.143. The molecule has 0 aliphatic carbocycles. The molecule has 0 saturated carbocycles. The minimum atomic E-state index is -0.860. The molecule has 128 valence electrons. The summed E-state index contributed by atoms with van der Waals surface area (Å²) in [6.45, 7) is 3.59. The van der Waals surface area contributed by atoms with E-state index in [2.05, 4.69) is 11.8 Å². The van der Waals surface area contributed by atoms with Crippen LogP contribution in [0.5, 0.6) is 0 Å². The molecule has 4 rings (SSSR count). The highest BCUT2D eigenvalue weighted by molar-refractivity contribution is 6.08. The third kappa shape index (κ3) is 2.15. The van der Waals surface area contributed by atoms with Gasteiger partial charge in [0.25, 0.3) is 0 Å². The second kappa shape index (κ2) is 5.67. The van der Waals surface area contributed by atoms with Crippen LogP contribution in [0.3, 0.4) is 0 Å². The number of anilines is 1. The first kappa shape index (κ1) is 15.8. The first-order valence-electron chi connectivity index (χ1n) is 8.95. The van der Waals surface area contributed by atoms with E-state index in [4.69, 9.17) is 0 Å². The SMILES string of the molecule is CC[C@]12CCCN3CCC(=O)c4ccccc4N(C(=O)[C@H]31)[C@@H](O)C2. The van der Waals surface area contributed by atoms with Crippen LogP contribution in [0.25, 0.3) is 0 Å². The molecular formula is C19H24N2O3. The van der Waals surface area contributed by atoms with Crippen LogP contribution in [0.1, 0.15) is 49.4 Å². The maximum Gasteiger partial charge on any atom is 0.247 e. The molecule has 0 unspecified atom stereocenters. The molecule has 2 saturated heterocycles. The minimum absolute atomic E-state index is 0.0440. The summed E-state index contributed by atoms with van der Waals surface area (Å²) in [6, 6.07) is 6.97. The van der Waals surface area contributed by atoms with Gasteiger partial charge < -0.3 is 5.11 Å². The van der Waals surface area contributed by atoms with Crippen LogP contribution in [0.4, 0.5) is 5.69 Å². The van der Waals surface area contributed by atoms with Crippen molar-refractivity contribution < 1.29 is 14.7 Å². The molecule has 2 fully saturated rings. The third-order valence-electron chi connectivity index (χ3n) is 6.22. The lowest BCUT2D eigenvalue weighted by Crippen LogP contribution is -2.67. The highest BCUT2D eigenvalue weighted by Gasteiger charge is 2.55. The number of aliphatic hydroxyl groups excluding tert-OH is 1. The Morgan fingerprint density at radius 1 is 1.25 bits per heavy atom. The number of rotatable bonds is 1. The summed E-state index contributed by atoms with van der Waals surface area (Å²) in [6.07, 6.45) is 3.01. The van der Waals surface area contributed by atoms with Gasteiger partial charge in [-0.15, -0.1) is 0 Å². The van der Waals surface area contributed by atoms with Crippen LogP contribution in [0.15, 0.2) is 24.3 Å². The summed E-state index contributed by atoms with van der Waals surface area (Å²) in [7, 11) is 0. The first-order chi connectivity index (χ1) is 11.6. The lowest BCUT2D eigenvalue weighted by Gasteiger charge is -2.55. The van der Waals surface area contributed by atoms with Crippen molar-refractivity contribution in [1.29, 1.82) is 0 Å². The molecule has 1 amide bonds. The zero-order chi connectivity index (χ0) is 16.9. The highest BCUT2D eigenvalue weighted by atomic mass is 16.3. The third-order valence-corrected chi connectivity index (χ3v) is 6.22. The van der Waals surface area contributed by atoms with Crippen molar-refractivity contribution in [2.45, 2.75) is 51.3 Å². The molecule has 0 aromatic heterocycles. The van der Waals surface area contributed by atoms with E-state index in [1.807, 2.05) is 12.1 Å². The largest absolute Gasteiger partial charge is 0.373 e. The van der Waals surface area contributed by atoms with Gasteiger partial charge in [-0.1, -0.05) is 19.1 Å². The summed E-state index contributed by atoms with van der Waals surface area (Å²) < 4.78 is 0. The van der Waals surface area contributed by atoms with Crippen LogP contribution < -0.4 is 4.90 Å². The van der Waals surface area contributed by atoms with Gasteiger partial charge in [0.15, 0.2) is 5.78 Å². The number of ketones is 1. The van der Waals surface area contributed by atoms with Crippen LogP contribution in [-0.4, -0.2) is 47.1 Å². The van der Waals surface area contributed by atoms with Crippen LogP contribution in [0.2, 0.25) is 0 Å². The molecule has 0 spiro atoms. The van der Waals surface area contributed by atoms with Gasteiger partial charge in [-0.2, -0.15) is 0 Å². The monoisotopic (exact) mass is 328 g/mol. The Kier molecular flexibility index (Phi) is 3.73. The molecular weight excluding hydrogens is 304 g/mol. The van der Waals surface area contributed by atoms with Crippen molar-refractivity contribution in [3.8, 4) is 0 Å². The Bertz CT molecular complexity index is 689. The second-order valence-corrected chi connectivity index (χ2v) is 7.34. The quantitative estimate of drug-likeness (QED) is 0.858. The van der Waals surface area contributed by atoms with Gasteiger partial charge >= 0.3 is 0 Å². The van der Waals surface area contributed by atoms with E-state index >= 15 is 0 Å². The predicted molar refractivity (Wildman–Crippen MR) is 90.8 cm³/mol. The number of hydrogen-bond donors (Lipinski definition) is 1. The molecule has 3 aliphatic heterocycles. The van der Waals surface area contributed by atoms with E-state index in [-0.39, 0.29) is 23.1 Å². The summed E-state index contributed by atoms with van der Waals surface area (Å²) >= 11 is 0. The Hall–Kier alpha value is -1.72. The Morgan fingerprint density at radius 3 is 2.83 bits per heavy atom. The van der Waals surface area contributed by atoms with Crippen molar-refractivity contribution in [2.24, 2.45) is 5.41 Å². The second-order valence-electron chi connectivity index (χ2n) is 7.34. The average Bonchev–Trinajstić information content (AvgIpc) is 2.62. The first-order valence-corrected chi connectivity index (χ1v) is 8.95. The fourth-order valence-corrected chi connectivity index (χ4v) is 4.99. The van der Waals surface area contributed by atoms with Crippen molar-refractivity contribution in [1.82, 2.24) is 4.90 Å². The fourth-order valence-electron chi connectivity index (χ4n) is 4.99. The zero-order valence-electron chi connectivity index (χ0n) is 14.1. The molecule has 3 atom stereocenters. The van der Waals surface area contributed by atoms with Crippen LogP contribution in [-0.2, 0) is 4.79 Å².